The predicted octanol–water partition coefficient (Wildman–Crippen LogP) is 7.86. The Labute approximate surface area is 391 Å². The van der Waals surface area contributed by atoms with Crippen molar-refractivity contribution in [1.29, 1.82) is 0 Å². The molecular formula is C47H59F3N8O8S. The molecule has 3 heterocycles. The van der Waals surface area contributed by atoms with Gasteiger partial charge in [-0.2, -0.15) is 18.2 Å². The van der Waals surface area contributed by atoms with Crippen molar-refractivity contribution in [2.24, 2.45) is 5.92 Å². The van der Waals surface area contributed by atoms with Crippen molar-refractivity contribution in [3.05, 3.63) is 81.6 Å². The Kier molecular flexibility index (Phi) is 17.5. The fourth-order valence-corrected chi connectivity index (χ4v) is 9.44. The first-order valence-electron chi connectivity index (χ1n) is 22.9. The average molecular weight is 953 g/mol. The molecule has 1 aliphatic carbocycles. The molecule has 0 unspecified atom stereocenters. The van der Waals surface area contributed by atoms with Crippen LogP contribution >= 0.6 is 11.3 Å². The summed E-state index contributed by atoms with van der Waals surface area (Å²) < 4.78 is 48.8. The largest absolute Gasteiger partial charge is 0.494 e. The lowest BCUT2D eigenvalue weighted by molar-refractivity contribution is -0.159. The summed E-state index contributed by atoms with van der Waals surface area (Å²) >= 11 is 1.33. The molecule has 1 saturated heterocycles. The highest BCUT2D eigenvalue weighted by atomic mass is 32.1. The van der Waals surface area contributed by atoms with Gasteiger partial charge in [0.1, 0.15) is 28.5 Å². The summed E-state index contributed by atoms with van der Waals surface area (Å²) in [6, 6.07) is 10.6. The molecule has 1 saturated carbocycles. The zero-order valence-corrected chi connectivity index (χ0v) is 39.0. The molecule has 4 amide bonds. The Morgan fingerprint density at radius 2 is 1.70 bits per heavy atom. The van der Waals surface area contributed by atoms with Crippen LogP contribution in [0.15, 0.2) is 58.4 Å². The molecule has 0 radical (unpaired) electrons. The van der Waals surface area contributed by atoms with Gasteiger partial charge in [-0.25, -0.2) is 9.78 Å². The number of ether oxygens (including phenoxy) is 1. The summed E-state index contributed by atoms with van der Waals surface area (Å²) in [5.41, 5.74) is 1.33. The normalized spacial score (nSPS) is 16.9. The molecule has 6 rings (SSSR count). The van der Waals surface area contributed by atoms with Crippen LogP contribution in [0, 0.1) is 5.92 Å². The molecule has 4 atom stereocenters. The first kappa shape index (κ1) is 50.5. The monoisotopic (exact) mass is 952 g/mol. The van der Waals surface area contributed by atoms with Gasteiger partial charge in [-0.3, -0.25) is 24.1 Å². The predicted molar refractivity (Wildman–Crippen MR) is 243 cm³/mol. The van der Waals surface area contributed by atoms with E-state index in [2.05, 4.69) is 37.1 Å². The van der Waals surface area contributed by atoms with Crippen LogP contribution in [0.5, 0.6) is 5.75 Å². The molecule has 2 aliphatic rings. The molecule has 0 spiro atoms. The lowest BCUT2D eigenvalue weighted by Crippen LogP contribution is -2.56. The number of ketones is 1. The number of nitrogens with zero attached hydrogens (tertiary/aromatic N) is 6. The molecule has 4 aromatic rings. The third-order valence-corrected chi connectivity index (χ3v) is 13.4. The second-order valence-electron chi connectivity index (χ2n) is 17.2. The van der Waals surface area contributed by atoms with Crippen molar-refractivity contribution < 1.29 is 51.5 Å². The van der Waals surface area contributed by atoms with E-state index in [9.17, 15) is 42.3 Å². The van der Waals surface area contributed by atoms with Crippen molar-refractivity contribution >= 4 is 40.9 Å². The second kappa shape index (κ2) is 23.2. The summed E-state index contributed by atoms with van der Waals surface area (Å²) in [4.78, 5) is 78.7. The number of carbonyl (C=O) groups excluding carboxylic acids is 4. The molecular weight excluding hydrogens is 894 g/mol. The Morgan fingerprint density at radius 3 is 2.39 bits per heavy atom. The smallest absolute Gasteiger partial charge is 0.471 e. The Balaban J connectivity index is 0.943. The maximum absolute atomic E-state index is 14.3. The van der Waals surface area contributed by atoms with Gasteiger partial charge >= 0.3 is 18.2 Å². The minimum absolute atomic E-state index is 0.0638. The van der Waals surface area contributed by atoms with E-state index >= 15 is 0 Å². The third-order valence-electron chi connectivity index (χ3n) is 12.4. The summed E-state index contributed by atoms with van der Waals surface area (Å²) in [5, 5.41) is 21.1. The quantitative estimate of drug-likeness (QED) is 0.0540. The molecule has 362 valence electrons. The first-order chi connectivity index (χ1) is 32.0. The Morgan fingerprint density at radius 1 is 0.955 bits per heavy atom. The van der Waals surface area contributed by atoms with Crippen LogP contribution in [0.3, 0.4) is 0 Å². The van der Waals surface area contributed by atoms with Crippen LogP contribution in [0.2, 0.25) is 0 Å². The number of rotatable bonds is 21. The van der Waals surface area contributed by atoms with E-state index in [1.165, 1.54) is 49.6 Å². The van der Waals surface area contributed by atoms with Gasteiger partial charge in [-0.15, -0.1) is 11.3 Å². The molecule has 1 aliphatic heterocycles. The van der Waals surface area contributed by atoms with Crippen molar-refractivity contribution in [3.8, 4) is 17.1 Å². The van der Waals surface area contributed by atoms with E-state index in [-0.39, 0.29) is 52.7 Å². The summed E-state index contributed by atoms with van der Waals surface area (Å²) in [6.07, 6.45) is 2.55. The molecule has 20 heteroatoms. The molecule has 16 nitrogen and oxygen atoms in total. The number of benzene rings is 2. The van der Waals surface area contributed by atoms with E-state index < -0.39 is 36.2 Å². The lowest BCUT2D eigenvalue weighted by Gasteiger charge is -2.35. The molecule has 2 fully saturated rings. The van der Waals surface area contributed by atoms with Gasteiger partial charge in [-0.05, 0) is 102 Å². The van der Waals surface area contributed by atoms with Crippen molar-refractivity contribution in [2.75, 3.05) is 39.8 Å². The average Bonchev–Trinajstić information content (AvgIpc) is 4.13. The van der Waals surface area contributed by atoms with Gasteiger partial charge in [0.15, 0.2) is 0 Å². The van der Waals surface area contributed by atoms with Gasteiger partial charge in [0.2, 0.25) is 23.4 Å². The standard InChI is InChI=1S/C47H59F3N8O8S/c1-5-57(27-29(2)51-42(61)33-21-19-32(20-22-33)40-54-45(66-55-40)47(48,49)50)23-10-7-11-25-65-35-17-12-16-34(26-35)39(59)36-28-67-43(52-36)37-18-13-24-58(37)44(62)38(31-14-8-6-9-15-31)53-41(60)30(3)56(4)46(63)64/h12,16-17,19-22,26,28-31,37-38H,5-11,13-15,18,23-25,27H2,1-4H3,(H,51,61)(H,53,60)(H,63,64)/t29-,30+,37+,38+/m1/s1. The topological polar surface area (TPSA) is 200 Å². The zero-order valence-electron chi connectivity index (χ0n) is 38.2. The number of thiazole rings is 1. The van der Waals surface area contributed by atoms with E-state index in [0.29, 0.717) is 48.0 Å². The van der Waals surface area contributed by atoms with Gasteiger partial charge in [0.25, 0.3) is 5.91 Å². The van der Waals surface area contributed by atoms with Crippen LogP contribution in [-0.4, -0.2) is 122 Å². The number of carboxylic acid groups (broad SMARTS) is 1. The SMILES string of the molecule is CCN(CCCCCOc1cccc(C(=O)c2csc([C@@H]3CCCN3C(=O)[C@@H](NC(=O)[C@H](C)N(C)C(=O)O)C3CCCCC3)n2)c1)C[C@@H](C)NC(=O)c1ccc(-c2noc(C(F)(F)F)n2)cc1. The number of alkyl halides is 3. The number of aromatic nitrogens is 3. The van der Waals surface area contributed by atoms with E-state index in [4.69, 9.17) is 9.72 Å². The van der Waals surface area contributed by atoms with Crippen molar-refractivity contribution in [3.63, 3.8) is 0 Å². The van der Waals surface area contributed by atoms with Crippen LogP contribution in [-0.2, 0) is 15.8 Å². The number of halogens is 3. The highest BCUT2D eigenvalue weighted by molar-refractivity contribution is 7.10. The van der Waals surface area contributed by atoms with Gasteiger partial charge < -0.3 is 34.8 Å². The summed E-state index contributed by atoms with van der Waals surface area (Å²) in [7, 11) is 1.33. The maximum atomic E-state index is 14.3. The Bertz CT molecular complexity index is 2320. The van der Waals surface area contributed by atoms with Gasteiger partial charge in [-0.1, -0.05) is 55.6 Å². The lowest BCUT2D eigenvalue weighted by atomic mass is 9.83. The number of carbonyl (C=O) groups is 5. The highest BCUT2D eigenvalue weighted by Gasteiger charge is 2.41. The fourth-order valence-electron chi connectivity index (χ4n) is 8.50. The van der Waals surface area contributed by atoms with Crippen molar-refractivity contribution in [1.82, 2.24) is 40.5 Å². The van der Waals surface area contributed by atoms with Gasteiger partial charge in [0.05, 0.1) is 12.6 Å². The number of unbranched alkanes of at least 4 members (excludes halogenated alkanes) is 2. The summed E-state index contributed by atoms with van der Waals surface area (Å²) in [5.74, 6) is -2.46. The van der Waals surface area contributed by atoms with E-state index in [0.717, 1.165) is 75.8 Å². The molecule has 0 bridgehead atoms. The van der Waals surface area contributed by atoms with Crippen LogP contribution in [0.25, 0.3) is 11.4 Å². The number of hydrogen-bond acceptors (Lipinski definition) is 12. The maximum Gasteiger partial charge on any atom is 0.471 e. The Hall–Kier alpha value is -5.89. The highest BCUT2D eigenvalue weighted by Crippen LogP contribution is 2.37. The minimum atomic E-state index is -4.75. The molecule has 2 aromatic carbocycles. The van der Waals surface area contributed by atoms with E-state index in [1.807, 2.05) is 6.92 Å². The third kappa shape index (κ3) is 13.4. The molecule has 3 N–H and O–H groups in total. The number of likely N-dealkylation sites (N-methyl/N-ethyl adjacent to an activating group) is 2. The van der Waals surface area contributed by atoms with Gasteiger partial charge in [0, 0.05) is 48.2 Å². The van der Waals surface area contributed by atoms with Crippen molar-refractivity contribution in [2.45, 2.75) is 115 Å². The summed E-state index contributed by atoms with van der Waals surface area (Å²) in [6.45, 7) is 8.61. The zero-order chi connectivity index (χ0) is 48.3. The molecule has 67 heavy (non-hydrogen) atoms. The second-order valence-corrected chi connectivity index (χ2v) is 18.1. The number of hydrogen-bond donors (Lipinski definition) is 3. The number of likely N-dealkylation sites (tertiary alicyclic amines) is 1. The number of nitrogens with one attached hydrogen (secondary N) is 2. The minimum Gasteiger partial charge on any atom is -0.494 e. The van der Waals surface area contributed by atoms with Crippen LogP contribution in [0.4, 0.5) is 18.0 Å². The fraction of sp³-hybridized carbons (Fsp3) is 0.532. The first-order valence-corrected chi connectivity index (χ1v) is 23.8. The van der Waals surface area contributed by atoms with Crippen LogP contribution in [0.1, 0.15) is 128 Å². The van der Waals surface area contributed by atoms with E-state index in [1.54, 1.807) is 34.5 Å². The number of amides is 4. The van der Waals surface area contributed by atoms with Crippen LogP contribution < -0.4 is 15.4 Å². The molecule has 2 aromatic heterocycles.